The van der Waals surface area contributed by atoms with Gasteiger partial charge in [-0.1, -0.05) is 47.5 Å². The third-order valence-electron chi connectivity index (χ3n) is 4.61. The summed E-state index contributed by atoms with van der Waals surface area (Å²) in [7, 11) is 1.20. The van der Waals surface area contributed by atoms with E-state index in [0.29, 0.717) is 5.54 Å². The SMILES string of the molecule is CC1=Cc2c(-c3c(C)cc(C)cc3C)cccc2C1[SiH3]. The summed E-state index contributed by atoms with van der Waals surface area (Å²) in [4.78, 5) is 0. The molecule has 3 rings (SSSR count). The van der Waals surface area contributed by atoms with Gasteiger partial charge in [0.2, 0.25) is 0 Å². The molecule has 0 N–H and O–H groups in total. The molecular weight excluding hydrogens is 256 g/mol. The molecule has 0 amide bonds. The van der Waals surface area contributed by atoms with Crippen LogP contribution in [0, 0.1) is 20.8 Å². The molecule has 1 atom stereocenters. The first kappa shape index (κ1) is 13.4. The van der Waals surface area contributed by atoms with E-state index in [1.807, 2.05) is 0 Å². The van der Waals surface area contributed by atoms with E-state index in [2.05, 4.69) is 64.1 Å². The van der Waals surface area contributed by atoms with Crippen molar-refractivity contribution in [1.29, 1.82) is 0 Å². The fourth-order valence-corrected chi connectivity index (χ4v) is 4.21. The molecule has 0 heterocycles. The third-order valence-corrected chi connectivity index (χ3v) is 6.14. The van der Waals surface area contributed by atoms with Gasteiger partial charge in [0.05, 0.1) is 0 Å². The highest BCUT2D eigenvalue weighted by Gasteiger charge is 2.21. The highest BCUT2D eigenvalue weighted by molar-refractivity contribution is 6.16. The minimum absolute atomic E-state index is 0.691. The maximum Gasteiger partial charge on any atom is 0.0174 e. The Morgan fingerprint density at radius 3 is 2.25 bits per heavy atom. The first-order valence-corrected chi connectivity index (χ1v) is 8.54. The zero-order valence-corrected chi connectivity index (χ0v) is 15.0. The lowest BCUT2D eigenvalue weighted by atomic mass is 9.90. The molecule has 0 nitrogen and oxygen atoms in total. The Labute approximate surface area is 125 Å². The van der Waals surface area contributed by atoms with E-state index >= 15 is 0 Å². The van der Waals surface area contributed by atoms with Crippen LogP contribution in [-0.2, 0) is 0 Å². The van der Waals surface area contributed by atoms with E-state index < -0.39 is 0 Å². The molecule has 0 aromatic heterocycles. The van der Waals surface area contributed by atoms with Gasteiger partial charge in [0.1, 0.15) is 0 Å². The second-order valence-corrected chi connectivity index (χ2v) is 7.35. The van der Waals surface area contributed by atoms with E-state index in [1.54, 1.807) is 0 Å². The second kappa shape index (κ2) is 4.74. The first-order chi connectivity index (χ1) is 9.49. The molecule has 0 saturated carbocycles. The molecule has 2 aromatic carbocycles. The predicted molar refractivity (Wildman–Crippen MR) is 92.4 cm³/mol. The van der Waals surface area contributed by atoms with Crippen LogP contribution in [0.3, 0.4) is 0 Å². The number of benzene rings is 2. The molecule has 1 heteroatoms. The Balaban J connectivity index is 2.29. The smallest absolute Gasteiger partial charge is 0.0174 e. The standard InChI is InChI=1S/C19H22Si/c1-11-8-12(2)18(13(3)9-11)15-6-5-7-16-17(15)10-14(4)19(16)20/h5-10,19H,1-4,20H3. The van der Waals surface area contributed by atoms with E-state index in [9.17, 15) is 0 Å². The van der Waals surface area contributed by atoms with Crippen LogP contribution in [-0.4, -0.2) is 10.2 Å². The van der Waals surface area contributed by atoms with Gasteiger partial charge in [-0.3, -0.25) is 0 Å². The molecule has 0 bridgehead atoms. The van der Waals surface area contributed by atoms with E-state index in [1.165, 1.54) is 54.8 Å². The highest BCUT2D eigenvalue weighted by atomic mass is 28.1. The minimum Gasteiger partial charge on any atom is -0.0689 e. The van der Waals surface area contributed by atoms with Crippen molar-refractivity contribution in [1.82, 2.24) is 0 Å². The molecule has 0 radical (unpaired) electrons. The molecule has 0 saturated heterocycles. The van der Waals surface area contributed by atoms with Gasteiger partial charge < -0.3 is 0 Å². The highest BCUT2D eigenvalue weighted by Crippen LogP contribution is 2.41. The van der Waals surface area contributed by atoms with Gasteiger partial charge in [-0.05, 0) is 66.6 Å². The van der Waals surface area contributed by atoms with Crippen molar-refractivity contribution in [3.8, 4) is 11.1 Å². The number of allylic oxidation sites excluding steroid dienone is 1. The van der Waals surface area contributed by atoms with Gasteiger partial charge in [-0.2, -0.15) is 0 Å². The number of hydrogen-bond acceptors (Lipinski definition) is 0. The maximum absolute atomic E-state index is 2.40. The number of aryl methyl sites for hydroxylation is 3. The van der Waals surface area contributed by atoms with Crippen molar-refractivity contribution in [3.05, 3.63) is 63.7 Å². The summed E-state index contributed by atoms with van der Waals surface area (Å²) >= 11 is 0. The summed E-state index contributed by atoms with van der Waals surface area (Å²) in [6, 6.07) is 11.4. The summed E-state index contributed by atoms with van der Waals surface area (Å²) in [5.74, 6) is 0. The Hall–Kier alpha value is -1.60. The van der Waals surface area contributed by atoms with Gasteiger partial charge in [0.15, 0.2) is 0 Å². The van der Waals surface area contributed by atoms with Crippen LogP contribution in [0.25, 0.3) is 17.2 Å². The number of fused-ring (bicyclic) bond motifs is 1. The van der Waals surface area contributed by atoms with Crippen LogP contribution in [0.4, 0.5) is 0 Å². The molecule has 1 unspecified atom stereocenters. The lowest BCUT2D eigenvalue weighted by Gasteiger charge is -2.16. The van der Waals surface area contributed by atoms with E-state index in [-0.39, 0.29) is 0 Å². The second-order valence-electron chi connectivity index (χ2n) is 6.19. The predicted octanol–water partition coefficient (Wildman–Crippen LogP) is 4.10. The Kier molecular flexibility index (Phi) is 3.18. The van der Waals surface area contributed by atoms with Crippen LogP contribution in [0.2, 0.25) is 0 Å². The van der Waals surface area contributed by atoms with Crippen molar-refractivity contribution in [2.24, 2.45) is 0 Å². The van der Waals surface area contributed by atoms with Crippen molar-refractivity contribution in [2.45, 2.75) is 33.2 Å². The van der Waals surface area contributed by atoms with Crippen LogP contribution >= 0.6 is 0 Å². The number of hydrogen-bond donors (Lipinski definition) is 0. The summed E-state index contributed by atoms with van der Waals surface area (Å²) in [6.07, 6.45) is 2.40. The van der Waals surface area contributed by atoms with Crippen molar-refractivity contribution in [2.75, 3.05) is 0 Å². The first-order valence-electron chi connectivity index (χ1n) is 7.38. The van der Waals surface area contributed by atoms with Crippen molar-refractivity contribution in [3.63, 3.8) is 0 Å². The summed E-state index contributed by atoms with van der Waals surface area (Å²) in [5, 5.41) is 0. The zero-order chi connectivity index (χ0) is 14.4. The molecular formula is C19H22Si. The summed E-state index contributed by atoms with van der Waals surface area (Å²) in [6.45, 7) is 8.92. The quantitative estimate of drug-likeness (QED) is 0.689. The van der Waals surface area contributed by atoms with Gasteiger partial charge in [0, 0.05) is 10.2 Å². The molecule has 20 heavy (non-hydrogen) atoms. The van der Waals surface area contributed by atoms with Gasteiger partial charge in [0.25, 0.3) is 0 Å². The topological polar surface area (TPSA) is 0 Å². The number of rotatable bonds is 1. The van der Waals surface area contributed by atoms with Gasteiger partial charge >= 0.3 is 0 Å². The molecule has 0 aliphatic heterocycles. The lowest BCUT2D eigenvalue weighted by Crippen LogP contribution is -1.97. The Bertz CT molecular complexity index is 700. The molecule has 1 aliphatic carbocycles. The maximum atomic E-state index is 2.40. The fourth-order valence-electron chi connectivity index (χ4n) is 3.54. The monoisotopic (exact) mass is 278 g/mol. The van der Waals surface area contributed by atoms with Gasteiger partial charge in [-0.25, -0.2) is 0 Å². The fraction of sp³-hybridized carbons (Fsp3) is 0.263. The molecule has 0 spiro atoms. The molecule has 1 aliphatic rings. The minimum atomic E-state index is 0.691. The van der Waals surface area contributed by atoms with Crippen LogP contribution < -0.4 is 0 Å². The van der Waals surface area contributed by atoms with Crippen LogP contribution in [0.5, 0.6) is 0 Å². The summed E-state index contributed by atoms with van der Waals surface area (Å²) in [5.41, 5.74) is 12.2. The third kappa shape index (κ3) is 1.97. The average Bonchev–Trinajstić information content (AvgIpc) is 2.66. The van der Waals surface area contributed by atoms with Crippen LogP contribution in [0.15, 0.2) is 35.9 Å². The molecule has 102 valence electrons. The van der Waals surface area contributed by atoms with Gasteiger partial charge in [-0.15, -0.1) is 0 Å². The van der Waals surface area contributed by atoms with Crippen LogP contribution in [0.1, 0.15) is 40.3 Å². The van der Waals surface area contributed by atoms with Crippen molar-refractivity contribution < 1.29 is 0 Å². The largest absolute Gasteiger partial charge is 0.0689 e. The molecule has 0 fully saturated rings. The normalized spacial score (nSPS) is 17.2. The van der Waals surface area contributed by atoms with Crippen molar-refractivity contribution >= 4 is 16.3 Å². The van der Waals surface area contributed by atoms with E-state index in [4.69, 9.17) is 0 Å². The Morgan fingerprint density at radius 2 is 1.60 bits per heavy atom. The van der Waals surface area contributed by atoms with E-state index in [0.717, 1.165) is 0 Å². The average molecular weight is 278 g/mol. The summed E-state index contributed by atoms with van der Waals surface area (Å²) < 4.78 is 0. The molecule has 2 aromatic rings. The Morgan fingerprint density at radius 1 is 0.950 bits per heavy atom. The zero-order valence-electron chi connectivity index (χ0n) is 13.0. The lowest BCUT2D eigenvalue weighted by molar-refractivity contribution is 1.14.